The summed E-state index contributed by atoms with van der Waals surface area (Å²) in [5.74, 6) is -3.03. The van der Waals surface area contributed by atoms with Gasteiger partial charge in [-0.15, -0.1) is 10.2 Å². The van der Waals surface area contributed by atoms with E-state index in [1.54, 1.807) is 22.4 Å². The Morgan fingerprint density at radius 2 is 1.82 bits per heavy atom. The molecule has 4 aromatic heterocycles. The van der Waals surface area contributed by atoms with Gasteiger partial charge in [-0.2, -0.15) is 19.1 Å². The van der Waals surface area contributed by atoms with Gasteiger partial charge in [0.25, 0.3) is 5.92 Å². The van der Waals surface area contributed by atoms with Crippen LogP contribution >= 0.6 is 0 Å². The van der Waals surface area contributed by atoms with Crippen LogP contribution in [-0.2, 0) is 24.2 Å². The number of hydrogen-bond donors (Lipinski definition) is 0. The minimum Gasteiger partial charge on any atom is -0.368 e. The maximum absolute atomic E-state index is 15.8. The zero-order valence-electron chi connectivity index (χ0n) is 21.9. The lowest BCUT2D eigenvalue weighted by molar-refractivity contribution is 0.0128. The molecule has 38 heavy (non-hydrogen) atoms. The monoisotopic (exact) mass is 523 g/mol. The van der Waals surface area contributed by atoms with Crippen LogP contribution in [0.25, 0.3) is 22.3 Å². The summed E-state index contributed by atoms with van der Waals surface area (Å²) in [4.78, 5) is 10.6. The molecule has 1 aliphatic heterocycles. The minimum absolute atomic E-state index is 0.0435. The molecule has 0 aromatic carbocycles. The maximum Gasteiger partial charge on any atom is 0.287 e. The van der Waals surface area contributed by atoms with E-state index in [1.165, 1.54) is 12.5 Å². The SMILES string of the molecule is Cn1cnnc1C1(F)CCN(c2c(C#N)cc(C(C)(F)F)nc2-c2cnc3nn(C(C)(C)C)cc3c2)CC1. The van der Waals surface area contributed by atoms with Crippen molar-refractivity contribution in [2.24, 2.45) is 7.05 Å². The van der Waals surface area contributed by atoms with E-state index >= 15 is 4.39 Å². The van der Waals surface area contributed by atoms with Crippen molar-refractivity contribution in [2.45, 2.75) is 57.7 Å². The number of fused-ring (bicyclic) bond motifs is 1. The molecule has 0 atom stereocenters. The molecule has 1 aliphatic rings. The summed E-state index contributed by atoms with van der Waals surface area (Å²) in [6.45, 7) is 7.22. The summed E-state index contributed by atoms with van der Waals surface area (Å²) >= 11 is 0. The zero-order valence-corrected chi connectivity index (χ0v) is 21.9. The summed E-state index contributed by atoms with van der Waals surface area (Å²) in [6, 6.07) is 4.96. The highest BCUT2D eigenvalue weighted by Crippen LogP contribution is 2.42. The van der Waals surface area contributed by atoms with Crippen LogP contribution in [0.4, 0.5) is 18.9 Å². The molecule has 5 rings (SSSR count). The van der Waals surface area contributed by atoms with E-state index in [0.717, 1.165) is 13.0 Å². The summed E-state index contributed by atoms with van der Waals surface area (Å²) in [7, 11) is 1.69. The first-order chi connectivity index (χ1) is 17.8. The molecule has 0 N–H and O–H groups in total. The van der Waals surface area contributed by atoms with Crippen LogP contribution < -0.4 is 4.90 Å². The molecule has 198 valence electrons. The standard InChI is InChI=1S/C26H28F3N9/c1-24(2,3)38-14-18-10-17(13-31-22(18)35-38)20-21(16(12-30)11-19(33-20)25(4,27)28)37-8-6-26(29,7-9-37)23-34-32-15-36(23)5/h10-11,13-15H,6-9H2,1-5H3. The third kappa shape index (κ3) is 4.46. The summed E-state index contributed by atoms with van der Waals surface area (Å²) < 4.78 is 48.1. The number of nitrogens with zero attached hydrogens (tertiary/aromatic N) is 9. The van der Waals surface area contributed by atoms with Gasteiger partial charge in [0.2, 0.25) is 0 Å². The van der Waals surface area contributed by atoms with Crippen molar-refractivity contribution in [1.29, 1.82) is 5.26 Å². The molecule has 0 aliphatic carbocycles. The van der Waals surface area contributed by atoms with Crippen molar-refractivity contribution in [3.63, 3.8) is 0 Å². The van der Waals surface area contributed by atoms with E-state index in [1.807, 2.05) is 31.9 Å². The lowest BCUT2D eigenvalue weighted by Crippen LogP contribution is -2.42. The van der Waals surface area contributed by atoms with Crippen molar-refractivity contribution in [2.75, 3.05) is 18.0 Å². The van der Waals surface area contributed by atoms with Gasteiger partial charge in [0.05, 0.1) is 22.5 Å². The van der Waals surface area contributed by atoms with Crippen LogP contribution in [0.1, 0.15) is 57.6 Å². The predicted molar refractivity (Wildman–Crippen MR) is 135 cm³/mol. The van der Waals surface area contributed by atoms with Gasteiger partial charge >= 0.3 is 0 Å². The Balaban J connectivity index is 1.61. The highest BCUT2D eigenvalue weighted by atomic mass is 19.3. The van der Waals surface area contributed by atoms with Crippen LogP contribution in [-0.4, -0.2) is 47.6 Å². The van der Waals surface area contributed by atoms with Gasteiger partial charge in [-0.3, -0.25) is 4.68 Å². The molecular weight excluding hydrogens is 495 g/mol. The van der Waals surface area contributed by atoms with Gasteiger partial charge < -0.3 is 9.47 Å². The van der Waals surface area contributed by atoms with Crippen molar-refractivity contribution in [3.05, 3.63) is 47.9 Å². The number of hydrogen-bond acceptors (Lipinski definition) is 7. The normalized spacial score (nSPS) is 16.1. The lowest BCUT2D eigenvalue weighted by atomic mass is 9.91. The fraction of sp³-hybridized carbons (Fsp3) is 0.462. The van der Waals surface area contributed by atoms with Crippen LogP contribution in [0.5, 0.6) is 0 Å². The number of halogens is 3. The summed E-state index contributed by atoms with van der Waals surface area (Å²) in [6.07, 6.45) is 4.99. The first kappa shape index (κ1) is 25.6. The van der Waals surface area contributed by atoms with Gasteiger partial charge in [0, 0.05) is 63.2 Å². The molecule has 9 nitrogen and oxygen atoms in total. The molecule has 0 saturated carbocycles. The first-order valence-electron chi connectivity index (χ1n) is 12.3. The molecule has 0 spiro atoms. The van der Waals surface area contributed by atoms with Crippen molar-refractivity contribution in [1.82, 2.24) is 34.5 Å². The Morgan fingerprint density at radius 1 is 1.11 bits per heavy atom. The van der Waals surface area contributed by atoms with Gasteiger partial charge in [-0.05, 0) is 32.9 Å². The number of anilines is 1. The number of nitriles is 1. The van der Waals surface area contributed by atoms with Crippen LogP contribution in [0.3, 0.4) is 0 Å². The van der Waals surface area contributed by atoms with Gasteiger partial charge in [-0.25, -0.2) is 14.4 Å². The second-order valence-electron chi connectivity index (χ2n) is 10.9. The molecule has 5 heterocycles. The fourth-order valence-corrected chi connectivity index (χ4v) is 4.76. The molecule has 0 radical (unpaired) electrons. The summed E-state index contributed by atoms with van der Waals surface area (Å²) in [5.41, 5.74) is -0.900. The number of aryl methyl sites for hydroxylation is 1. The molecule has 0 unspecified atom stereocenters. The van der Waals surface area contributed by atoms with Gasteiger partial charge in [0.15, 0.2) is 17.1 Å². The molecule has 4 aromatic rings. The third-order valence-electron chi connectivity index (χ3n) is 6.87. The van der Waals surface area contributed by atoms with E-state index in [4.69, 9.17) is 0 Å². The van der Waals surface area contributed by atoms with Crippen molar-refractivity contribution >= 4 is 16.7 Å². The topological polar surface area (TPSA) is 101 Å². The number of piperidine rings is 1. The zero-order chi connectivity index (χ0) is 27.5. The van der Waals surface area contributed by atoms with Crippen LogP contribution in [0.2, 0.25) is 0 Å². The molecular formula is C26H28F3N9. The van der Waals surface area contributed by atoms with E-state index in [2.05, 4.69) is 31.3 Å². The van der Waals surface area contributed by atoms with E-state index in [0.29, 0.717) is 22.3 Å². The van der Waals surface area contributed by atoms with Crippen molar-refractivity contribution in [3.8, 4) is 17.3 Å². The quantitative estimate of drug-likeness (QED) is 0.378. The Kier molecular flexibility index (Phi) is 5.93. The van der Waals surface area contributed by atoms with Gasteiger partial charge in [0.1, 0.15) is 18.1 Å². The van der Waals surface area contributed by atoms with Gasteiger partial charge in [-0.1, -0.05) is 0 Å². The maximum atomic E-state index is 15.8. The average molecular weight is 524 g/mol. The molecule has 1 fully saturated rings. The highest BCUT2D eigenvalue weighted by molar-refractivity contribution is 5.86. The molecule has 12 heteroatoms. The van der Waals surface area contributed by atoms with Crippen LogP contribution in [0, 0.1) is 11.3 Å². The third-order valence-corrected chi connectivity index (χ3v) is 6.87. The van der Waals surface area contributed by atoms with E-state index in [9.17, 15) is 14.0 Å². The Bertz CT molecular complexity index is 1540. The average Bonchev–Trinajstić information content (AvgIpc) is 3.49. The van der Waals surface area contributed by atoms with E-state index in [-0.39, 0.29) is 48.6 Å². The summed E-state index contributed by atoms with van der Waals surface area (Å²) in [5, 5.41) is 23.0. The van der Waals surface area contributed by atoms with Crippen LogP contribution in [0.15, 0.2) is 30.9 Å². The molecule has 0 bridgehead atoms. The van der Waals surface area contributed by atoms with Crippen molar-refractivity contribution < 1.29 is 13.2 Å². The number of pyridine rings is 2. The number of aromatic nitrogens is 7. The molecule has 0 amide bonds. The second-order valence-corrected chi connectivity index (χ2v) is 10.9. The van der Waals surface area contributed by atoms with E-state index < -0.39 is 17.3 Å². The Hall–Kier alpha value is -4.01. The minimum atomic E-state index is -3.27. The smallest absolute Gasteiger partial charge is 0.287 e. The highest BCUT2D eigenvalue weighted by Gasteiger charge is 2.41. The number of alkyl halides is 3. The lowest BCUT2D eigenvalue weighted by Gasteiger charge is -2.38. The fourth-order valence-electron chi connectivity index (χ4n) is 4.76. The first-order valence-corrected chi connectivity index (χ1v) is 12.3. The largest absolute Gasteiger partial charge is 0.368 e. The molecule has 1 saturated heterocycles. The number of rotatable bonds is 4. The predicted octanol–water partition coefficient (Wildman–Crippen LogP) is 4.83. The Labute approximate surface area is 217 Å². The Morgan fingerprint density at radius 3 is 2.39 bits per heavy atom. The second kappa shape index (κ2) is 8.79.